The topological polar surface area (TPSA) is 79.6 Å². The molecule has 0 aliphatic carbocycles. The van der Waals surface area contributed by atoms with Gasteiger partial charge in [0.1, 0.15) is 11.6 Å². The standard InChI is InChI=1S/C20H12ClFN2O4/c21-16-9-12(4-6-17(16)22)23-18(25)11-3-5-14-15(8-11)20(27)24(19(14)26)10-13-2-1-7-28-13/h1-9H,10H2,(H,23,25). The van der Waals surface area contributed by atoms with Gasteiger partial charge in [-0.2, -0.15) is 0 Å². The maximum absolute atomic E-state index is 13.2. The number of hydrogen-bond donors (Lipinski definition) is 1. The summed E-state index contributed by atoms with van der Waals surface area (Å²) < 4.78 is 18.4. The van der Waals surface area contributed by atoms with Crippen molar-refractivity contribution in [2.75, 3.05) is 5.32 Å². The van der Waals surface area contributed by atoms with E-state index >= 15 is 0 Å². The van der Waals surface area contributed by atoms with Gasteiger partial charge in [0.2, 0.25) is 0 Å². The number of imide groups is 1. The molecule has 0 fully saturated rings. The Morgan fingerprint density at radius 3 is 2.57 bits per heavy atom. The summed E-state index contributed by atoms with van der Waals surface area (Å²) >= 11 is 5.71. The van der Waals surface area contributed by atoms with E-state index in [2.05, 4.69) is 5.32 Å². The van der Waals surface area contributed by atoms with Crippen LogP contribution in [-0.2, 0) is 6.54 Å². The Balaban J connectivity index is 1.57. The zero-order valence-corrected chi connectivity index (χ0v) is 15.0. The lowest BCUT2D eigenvalue weighted by Crippen LogP contribution is -2.28. The van der Waals surface area contributed by atoms with Crippen LogP contribution < -0.4 is 5.32 Å². The van der Waals surface area contributed by atoms with E-state index in [1.807, 2.05) is 0 Å². The molecule has 1 aromatic heterocycles. The number of rotatable bonds is 4. The Kier molecular flexibility index (Phi) is 4.44. The second-order valence-corrected chi connectivity index (χ2v) is 6.53. The van der Waals surface area contributed by atoms with Crippen molar-refractivity contribution in [2.24, 2.45) is 0 Å². The number of nitrogens with one attached hydrogen (secondary N) is 1. The van der Waals surface area contributed by atoms with Crippen molar-refractivity contribution < 1.29 is 23.2 Å². The second kappa shape index (κ2) is 6.94. The molecular weight excluding hydrogens is 387 g/mol. The smallest absolute Gasteiger partial charge is 0.261 e. The van der Waals surface area contributed by atoms with Crippen LogP contribution in [0.25, 0.3) is 0 Å². The van der Waals surface area contributed by atoms with E-state index in [-0.39, 0.29) is 28.3 Å². The third-order valence-corrected chi connectivity index (χ3v) is 4.59. The van der Waals surface area contributed by atoms with Gasteiger partial charge >= 0.3 is 0 Å². The molecule has 0 unspecified atom stereocenters. The van der Waals surface area contributed by atoms with Crippen LogP contribution in [0, 0.1) is 5.82 Å². The number of carbonyl (C=O) groups is 3. The van der Waals surface area contributed by atoms with Crippen LogP contribution in [0.4, 0.5) is 10.1 Å². The van der Waals surface area contributed by atoms with Crippen molar-refractivity contribution in [3.05, 3.63) is 88.1 Å². The zero-order valence-electron chi connectivity index (χ0n) is 14.2. The van der Waals surface area contributed by atoms with Gasteiger partial charge in [-0.05, 0) is 48.5 Å². The predicted octanol–water partition coefficient (Wildman–Crippen LogP) is 4.12. The van der Waals surface area contributed by atoms with Crippen molar-refractivity contribution in [2.45, 2.75) is 6.54 Å². The normalized spacial score (nSPS) is 13.0. The third-order valence-electron chi connectivity index (χ3n) is 4.30. The lowest BCUT2D eigenvalue weighted by atomic mass is 10.1. The third kappa shape index (κ3) is 3.16. The maximum atomic E-state index is 13.2. The van der Waals surface area contributed by atoms with Crippen molar-refractivity contribution >= 4 is 35.0 Å². The number of halogens is 2. The largest absolute Gasteiger partial charge is 0.467 e. The predicted molar refractivity (Wildman–Crippen MR) is 98.7 cm³/mol. The number of amides is 3. The monoisotopic (exact) mass is 398 g/mol. The molecule has 28 heavy (non-hydrogen) atoms. The number of nitrogens with zero attached hydrogens (tertiary/aromatic N) is 1. The highest BCUT2D eigenvalue weighted by molar-refractivity contribution is 6.31. The van der Waals surface area contributed by atoms with Crippen LogP contribution in [0.3, 0.4) is 0 Å². The SMILES string of the molecule is O=C(Nc1ccc(F)c(Cl)c1)c1ccc2c(c1)C(=O)N(Cc1ccco1)C2=O. The van der Waals surface area contributed by atoms with E-state index < -0.39 is 23.5 Å². The molecule has 2 heterocycles. The second-order valence-electron chi connectivity index (χ2n) is 6.12. The number of hydrogen-bond acceptors (Lipinski definition) is 4. The van der Waals surface area contributed by atoms with E-state index in [4.69, 9.17) is 16.0 Å². The average molecular weight is 399 g/mol. The molecule has 0 spiro atoms. The molecule has 2 aromatic carbocycles. The Labute approximate surface area is 163 Å². The van der Waals surface area contributed by atoms with Gasteiger partial charge in [0.25, 0.3) is 17.7 Å². The van der Waals surface area contributed by atoms with Crippen molar-refractivity contribution in [1.82, 2.24) is 4.90 Å². The summed E-state index contributed by atoms with van der Waals surface area (Å²) in [7, 11) is 0. The molecule has 140 valence electrons. The summed E-state index contributed by atoms with van der Waals surface area (Å²) in [6, 6.07) is 11.3. The average Bonchev–Trinajstić information content (AvgIpc) is 3.28. The van der Waals surface area contributed by atoms with Gasteiger partial charge in [-0.3, -0.25) is 19.3 Å². The lowest BCUT2D eigenvalue weighted by molar-refractivity contribution is 0.0631. The van der Waals surface area contributed by atoms with E-state index in [9.17, 15) is 18.8 Å². The number of carbonyl (C=O) groups excluding carboxylic acids is 3. The maximum Gasteiger partial charge on any atom is 0.261 e. The van der Waals surface area contributed by atoms with Crippen LogP contribution in [0.5, 0.6) is 0 Å². The van der Waals surface area contributed by atoms with Crippen molar-refractivity contribution in [3.8, 4) is 0 Å². The number of anilines is 1. The molecular formula is C20H12ClFN2O4. The van der Waals surface area contributed by atoms with E-state index in [1.54, 1.807) is 12.1 Å². The molecule has 0 radical (unpaired) electrons. The molecule has 1 aliphatic rings. The summed E-state index contributed by atoms with van der Waals surface area (Å²) in [5.74, 6) is -1.60. The van der Waals surface area contributed by atoms with E-state index in [0.717, 1.165) is 11.0 Å². The highest BCUT2D eigenvalue weighted by Crippen LogP contribution is 2.26. The first-order valence-corrected chi connectivity index (χ1v) is 8.61. The summed E-state index contributed by atoms with van der Waals surface area (Å²) in [6.07, 6.45) is 1.46. The zero-order chi connectivity index (χ0) is 19.8. The highest BCUT2D eigenvalue weighted by Gasteiger charge is 2.36. The van der Waals surface area contributed by atoms with Gasteiger partial charge in [0.15, 0.2) is 0 Å². The van der Waals surface area contributed by atoms with Gasteiger partial charge in [-0.15, -0.1) is 0 Å². The number of furan rings is 1. The highest BCUT2D eigenvalue weighted by atomic mass is 35.5. The van der Waals surface area contributed by atoms with Crippen LogP contribution in [0.1, 0.15) is 36.8 Å². The van der Waals surface area contributed by atoms with Crippen LogP contribution in [0.15, 0.2) is 59.2 Å². The van der Waals surface area contributed by atoms with Crippen LogP contribution in [-0.4, -0.2) is 22.6 Å². The molecule has 4 rings (SSSR count). The minimum atomic E-state index is -0.599. The van der Waals surface area contributed by atoms with E-state index in [1.165, 1.54) is 36.6 Å². The summed E-state index contributed by atoms with van der Waals surface area (Å²) in [4.78, 5) is 38.6. The van der Waals surface area contributed by atoms with Gasteiger partial charge in [0, 0.05) is 11.3 Å². The molecule has 0 saturated heterocycles. The molecule has 0 saturated carbocycles. The Morgan fingerprint density at radius 1 is 1.07 bits per heavy atom. The van der Waals surface area contributed by atoms with Gasteiger partial charge < -0.3 is 9.73 Å². The van der Waals surface area contributed by atoms with Gasteiger partial charge in [0.05, 0.1) is 29.0 Å². The quantitative estimate of drug-likeness (QED) is 0.670. The first kappa shape index (κ1) is 17.9. The van der Waals surface area contributed by atoms with Crippen molar-refractivity contribution in [1.29, 1.82) is 0 Å². The van der Waals surface area contributed by atoms with Gasteiger partial charge in [-0.25, -0.2) is 4.39 Å². The fraction of sp³-hybridized carbons (Fsp3) is 0.0500. The lowest BCUT2D eigenvalue weighted by Gasteiger charge is -2.11. The molecule has 1 aliphatic heterocycles. The molecule has 1 N–H and O–H groups in total. The first-order chi connectivity index (χ1) is 13.4. The Hall–Kier alpha value is -3.45. The molecule has 8 heteroatoms. The fourth-order valence-electron chi connectivity index (χ4n) is 2.91. The minimum Gasteiger partial charge on any atom is -0.467 e. The summed E-state index contributed by atoms with van der Waals surface area (Å²) in [5.41, 5.74) is 0.846. The Morgan fingerprint density at radius 2 is 1.86 bits per heavy atom. The van der Waals surface area contributed by atoms with Crippen LogP contribution >= 0.6 is 11.6 Å². The minimum absolute atomic E-state index is 0.00888. The number of fused-ring (bicyclic) bond motifs is 1. The van der Waals surface area contributed by atoms with Crippen molar-refractivity contribution in [3.63, 3.8) is 0 Å². The van der Waals surface area contributed by atoms with Gasteiger partial charge in [-0.1, -0.05) is 11.6 Å². The number of benzene rings is 2. The molecule has 0 bridgehead atoms. The molecule has 0 atom stereocenters. The molecule has 3 amide bonds. The van der Waals surface area contributed by atoms with E-state index in [0.29, 0.717) is 11.4 Å². The Bertz CT molecular complexity index is 1110. The molecule has 6 nitrogen and oxygen atoms in total. The van der Waals surface area contributed by atoms with Crippen LogP contribution in [0.2, 0.25) is 5.02 Å². The molecule has 3 aromatic rings. The fourth-order valence-corrected chi connectivity index (χ4v) is 3.09. The first-order valence-electron chi connectivity index (χ1n) is 8.23. The summed E-state index contributed by atoms with van der Waals surface area (Å²) in [5, 5.41) is 2.45. The summed E-state index contributed by atoms with van der Waals surface area (Å²) in [6.45, 7) is 0.00888.